The van der Waals surface area contributed by atoms with E-state index >= 15 is 0 Å². The molecule has 4 heteroatoms. The summed E-state index contributed by atoms with van der Waals surface area (Å²) in [5, 5.41) is 4.16. The standard InChI is InChI=1S/C30H35N3O/c1-2-3-4-5-6-10-16-29-32-30(34-33-29)26-19-17-25(18-20-26)28(31)22-23-12-11-15-27(21-23)24-13-8-7-9-14-24/h7-9,11-15,17-21,28H,2-6,10,16,22,31H2,1H3. The summed E-state index contributed by atoms with van der Waals surface area (Å²) in [7, 11) is 0. The van der Waals surface area contributed by atoms with Gasteiger partial charge < -0.3 is 10.3 Å². The zero-order valence-electron chi connectivity index (χ0n) is 20.1. The lowest BCUT2D eigenvalue weighted by atomic mass is 9.96. The van der Waals surface area contributed by atoms with Crippen LogP contribution in [0.2, 0.25) is 0 Å². The Balaban J connectivity index is 1.33. The van der Waals surface area contributed by atoms with Crippen LogP contribution in [0.4, 0.5) is 0 Å². The number of rotatable bonds is 12. The molecule has 0 amide bonds. The molecule has 1 aromatic heterocycles. The average molecular weight is 454 g/mol. The molecule has 176 valence electrons. The zero-order valence-corrected chi connectivity index (χ0v) is 20.1. The fourth-order valence-electron chi connectivity index (χ4n) is 4.29. The van der Waals surface area contributed by atoms with Crippen LogP contribution in [0.5, 0.6) is 0 Å². The summed E-state index contributed by atoms with van der Waals surface area (Å²) >= 11 is 0. The van der Waals surface area contributed by atoms with Crippen LogP contribution in [0.3, 0.4) is 0 Å². The maximum atomic E-state index is 6.56. The van der Waals surface area contributed by atoms with Gasteiger partial charge in [0, 0.05) is 18.0 Å². The predicted molar refractivity (Wildman–Crippen MR) is 139 cm³/mol. The van der Waals surface area contributed by atoms with Crippen molar-refractivity contribution in [2.45, 2.75) is 64.3 Å². The van der Waals surface area contributed by atoms with Crippen LogP contribution in [0.1, 0.15) is 68.4 Å². The van der Waals surface area contributed by atoms with Crippen LogP contribution in [0, 0.1) is 0 Å². The molecule has 0 fully saturated rings. The van der Waals surface area contributed by atoms with E-state index in [9.17, 15) is 0 Å². The molecule has 4 nitrogen and oxygen atoms in total. The molecule has 0 bridgehead atoms. The summed E-state index contributed by atoms with van der Waals surface area (Å²) in [6, 6.07) is 27.2. The summed E-state index contributed by atoms with van der Waals surface area (Å²) in [5.74, 6) is 1.38. The quantitative estimate of drug-likeness (QED) is 0.225. The second-order valence-corrected chi connectivity index (χ2v) is 9.03. The van der Waals surface area contributed by atoms with E-state index in [1.165, 1.54) is 48.8 Å². The van der Waals surface area contributed by atoms with Gasteiger partial charge in [-0.05, 0) is 47.2 Å². The van der Waals surface area contributed by atoms with Crippen LogP contribution in [-0.2, 0) is 12.8 Å². The lowest BCUT2D eigenvalue weighted by Gasteiger charge is -2.13. The first kappa shape index (κ1) is 23.9. The Bertz CT molecular complexity index is 1140. The maximum absolute atomic E-state index is 6.56. The lowest BCUT2D eigenvalue weighted by molar-refractivity contribution is 0.421. The molecule has 1 unspecified atom stereocenters. The van der Waals surface area contributed by atoms with Crippen LogP contribution < -0.4 is 5.73 Å². The molecule has 4 aromatic rings. The molecular formula is C30H35N3O. The molecule has 3 aromatic carbocycles. The van der Waals surface area contributed by atoms with Gasteiger partial charge in [0.1, 0.15) is 0 Å². The van der Waals surface area contributed by atoms with E-state index in [1.807, 2.05) is 18.2 Å². The van der Waals surface area contributed by atoms with Gasteiger partial charge in [-0.3, -0.25) is 0 Å². The van der Waals surface area contributed by atoms with Crippen molar-refractivity contribution in [3.8, 4) is 22.6 Å². The maximum Gasteiger partial charge on any atom is 0.257 e. The summed E-state index contributed by atoms with van der Waals surface area (Å²) in [5.41, 5.74) is 12.3. The van der Waals surface area contributed by atoms with Gasteiger partial charge in [-0.15, -0.1) is 0 Å². The summed E-state index contributed by atoms with van der Waals surface area (Å²) in [6.07, 6.45) is 9.21. The molecule has 0 spiro atoms. The Hall–Kier alpha value is -3.24. The second kappa shape index (κ2) is 12.3. The molecule has 4 rings (SSSR count). The zero-order chi connectivity index (χ0) is 23.6. The predicted octanol–water partition coefficient (Wildman–Crippen LogP) is 7.55. The number of nitrogens with zero attached hydrogens (tertiary/aromatic N) is 2. The van der Waals surface area contributed by atoms with Gasteiger partial charge in [0.15, 0.2) is 5.82 Å². The highest BCUT2D eigenvalue weighted by Gasteiger charge is 2.12. The van der Waals surface area contributed by atoms with Crippen molar-refractivity contribution in [1.29, 1.82) is 0 Å². The van der Waals surface area contributed by atoms with E-state index in [2.05, 4.69) is 77.7 Å². The van der Waals surface area contributed by atoms with Crippen LogP contribution >= 0.6 is 0 Å². The van der Waals surface area contributed by atoms with E-state index in [4.69, 9.17) is 10.3 Å². The van der Waals surface area contributed by atoms with Crippen molar-refractivity contribution in [1.82, 2.24) is 10.1 Å². The minimum Gasteiger partial charge on any atom is -0.334 e. The summed E-state index contributed by atoms with van der Waals surface area (Å²) < 4.78 is 5.51. The molecule has 0 saturated carbocycles. The van der Waals surface area contributed by atoms with E-state index in [-0.39, 0.29) is 6.04 Å². The topological polar surface area (TPSA) is 64.9 Å². The molecule has 0 aliphatic heterocycles. The van der Waals surface area contributed by atoms with Crippen LogP contribution in [-0.4, -0.2) is 10.1 Å². The van der Waals surface area contributed by atoms with E-state index in [0.29, 0.717) is 5.89 Å². The van der Waals surface area contributed by atoms with Crippen molar-refractivity contribution in [3.63, 3.8) is 0 Å². The van der Waals surface area contributed by atoms with Gasteiger partial charge in [0.25, 0.3) is 5.89 Å². The molecule has 0 aliphatic carbocycles. The first-order chi connectivity index (χ1) is 16.7. The van der Waals surface area contributed by atoms with Crippen molar-refractivity contribution in [2.24, 2.45) is 5.73 Å². The summed E-state index contributed by atoms with van der Waals surface area (Å²) in [4.78, 5) is 4.59. The molecule has 0 radical (unpaired) electrons. The Morgan fingerprint density at radius 2 is 1.50 bits per heavy atom. The average Bonchev–Trinajstić information content (AvgIpc) is 3.36. The first-order valence-corrected chi connectivity index (χ1v) is 12.6. The van der Waals surface area contributed by atoms with Gasteiger partial charge in [-0.25, -0.2) is 0 Å². The van der Waals surface area contributed by atoms with Gasteiger partial charge in [-0.1, -0.05) is 111 Å². The van der Waals surface area contributed by atoms with E-state index in [1.54, 1.807) is 0 Å². The minimum absolute atomic E-state index is 0.0778. The number of aryl methyl sites for hydroxylation is 1. The molecule has 1 atom stereocenters. The molecule has 2 N–H and O–H groups in total. The van der Waals surface area contributed by atoms with Crippen LogP contribution in [0.25, 0.3) is 22.6 Å². The molecule has 34 heavy (non-hydrogen) atoms. The third-order valence-electron chi connectivity index (χ3n) is 6.30. The highest BCUT2D eigenvalue weighted by molar-refractivity contribution is 5.64. The van der Waals surface area contributed by atoms with Gasteiger partial charge in [0.05, 0.1) is 0 Å². The highest BCUT2D eigenvalue weighted by Crippen LogP contribution is 2.25. The number of aromatic nitrogens is 2. The number of hydrogen-bond donors (Lipinski definition) is 1. The van der Waals surface area contributed by atoms with Crippen molar-refractivity contribution >= 4 is 0 Å². The normalized spacial score (nSPS) is 12.1. The Morgan fingerprint density at radius 3 is 2.29 bits per heavy atom. The van der Waals surface area contributed by atoms with Crippen molar-refractivity contribution < 1.29 is 4.52 Å². The smallest absolute Gasteiger partial charge is 0.257 e. The molecule has 0 aliphatic rings. The van der Waals surface area contributed by atoms with Gasteiger partial charge >= 0.3 is 0 Å². The number of benzene rings is 3. The molecule has 1 heterocycles. The first-order valence-electron chi connectivity index (χ1n) is 12.6. The molecular weight excluding hydrogens is 418 g/mol. The number of unbranched alkanes of at least 4 members (excludes halogenated alkanes) is 5. The van der Waals surface area contributed by atoms with Crippen LogP contribution in [0.15, 0.2) is 83.4 Å². The third-order valence-corrected chi connectivity index (χ3v) is 6.30. The number of hydrogen-bond acceptors (Lipinski definition) is 4. The van der Waals surface area contributed by atoms with Crippen molar-refractivity contribution in [3.05, 3.63) is 95.8 Å². The van der Waals surface area contributed by atoms with Gasteiger partial charge in [-0.2, -0.15) is 4.98 Å². The largest absolute Gasteiger partial charge is 0.334 e. The lowest BCUT2D eigenvalue weighted by Crippen LogP contribution is -2.13. The van der Waals surface area contributed by atoms with Crippen molar-refractivity contribution in [2.75, 3.05) is 0 Å². The Kier molecular flexibility index (Phi) is 8.64. The monoisotopic (exact) mass is 453 g/mol. The van der Waals surface area contributed by atoms with Gasteiger partial charge in [0.2, 0.25) is 0 Å². The Morgan fingerprint density at radius 1 is 0.765 bits per heavy atom. The highest BCUT2D eigenvalue weighted by atomic mass is 16.5. The Labute approximate surface area is 203 Å². The number of nitrogens with two attached hydrogens (primary N) is 1. The second-order valence-electron chi connectivity index (χ2n) is 9.03. The third kappa shape index (κ3) is 6.64. The minimum atomic E-state index is -0.0778. The summed E-state index contributed by atoms with van der Waals surface area (Å²) in [6.45, 7) is 2.24. The SMILES string of the molecule is CCCCCCCCc1noc(-c2ccc(C(N)Cc3cccc(-c4ccccc4)c3)cc2)n1. The van der Waals surface area contributed by atoms with E-state index in [0.717, 1.165) is 36.2 Å². The fourth-order valence-corrected chi connectivity index (χ4v) is 4.29. The van der Waals surface area contributed by atoms with E-state index < -0.39 is 0 Å². The molecule has 0 saturated heterocycles. The fraction of sp³-hybridized carbons (Fsp3) is 0.333.